The minimum absolute atomic E-state index is 0.00800. The number of methoxy groups -OCH3 is 1. The van der Waals surface area contributed by atoms with Crippen LogP contribution in [0.5, 0.6) is 0 Å². The molecule has 0 bridgehead atoms. The molecule has 228 valence electrons. The molecule has 1 fully saturated rings. The Morgan fingerprint density at radius 1 is 1.16 bits per heavy atom. The highest BCUT2D eigenvalue weighted by Crippen LogP contribution is 2.43. The van der Waals surface area contributed by atoms with Crippen LogP contribution < -0.4 is 4.90 Å². The number of carbonyl (C=O) groups excluding carboxylic acids is 2. The van der Waals surface area contributed by atoms with Crippen LogP contribution in [0.3, 0.4) is 0 Å². The maximum atomic E-state index is 13.4. The molecule has 2 unspecified atom stereocenters. The summed E-state index contributed by atoms with van der Waals surface area (Å²) in [6.07, 6.45) is 1.14. The standard InChI is InChI=1S/C31H31ClN6O6/c1-43-28(39)31(14-7-11-22-10-5-6-12-24(22)31)18-25-26(38(41)42)27(35-29(32)34-25)36-16-17-37(23(19-36)13-15-33)30(40)44-20-21-8-3-2-4-9-21/h2-6,8-10,12,23H,7,11,13-14,16-20H2,1H3. The Morgan fingerprint density at radius 2 is 1.91 bits per heavy atom. The molecular weight excluding hydrogens is 588 g/mol. The second kappa shape index (κ2) is 13.3. The highest BCUT2D eigenvalue weighted by molar-refractivity contribution is 6.28. The number of anilines is 1. The Kier molecular flexibility index (Phi) is 9.25. The zero-order chi connectivity index (χ0) is 31.3. The van der Waals surface area contributed by atoms with Gasteiger partial charge in [-0.15, -0.1) is 0 Å². The Labute approximate surface area is 259 Å². The normalized spacial score (nSPS) is 19.4. The molecule has 1 aromatic heterocycles. The first-order chi connectivity index (χ1) is 21.3. The number of nitrogens with zero attached hydrogens (tertiary/aromatic N) is 6. The molecule has 44 heavy (non-hydrogen) atoms. The molecule has 2 aliphatic rings. The number of nitriles is 1. The lowest BCUT2D eigenvalue weighted by Gasteiger charge is -2.40. The molecule has 5 rings (SSSR count). The summed E-state index contributed by atoms with van der Waals surface area (Å²) >= 11 is 6.37. The van der Waals surface area contributed by atoms with E-state index in [1.54, 1.807) is 4.90 Å². The van der Waals surface area contributed by atoms with E-state index in [1.165, 1.54) is 12.0 Å². The van der Waals surface area contributed by atoms with Crippen molar-refractivity contribution >= 4 is 35.2 Å². The van der Waals surface area contributed by atoms with Gasteiger partial charge in [-0.05, 0) is 47.6 Å². The average molecular weight is 619 g/mol. The molecule has 3 aromatic rings. The van der Waals surface area contributed by atoms with Crippen LogP contribution in [-0.2, 0) is 39.1 Å². The van der Waals surface area contributed by atoms with Crippen LogP contribution in [0.25, 0.3) is 0 Å². The van der Waals surface area contributed by atoms with E-state index in [2.05, 4.69) is 16.0 Å². The predicted octanol–water partition coefficient (Wildman–Crippen LogP) is 4.77. The number of nitro groups is 1. The predicted molar refractivity (Wildman–Crippen MR) is 160 cm³/mol. The number of hydrogen-bond acceptors (Lipinski definition) is 10. The van der Waals surface area contributed by atoms with Gasteiger partial charge in [0.25, 0.3) is 0 Å². The summed E-state index contributed by atoms with van der Waals surface area (Å²) in [5, 5.41) is 21.9. The first kappa shape index (κ1) is 30.7. The van der Waals surface area contributed by atoms with Gasteiger partial charge in [-0.3, -0.25) is 14.9 Å². The molecule has 2 aromatic carbocycles. The number of esters is 1. The number of benzene rings is 2. The molecule has 1 aliphatic heterocycles. The summed E-state index contributed by atoms with van der Waals surface area (Å²) in [6.45, 7) is 0.446. The Hall–Kier alpha value is -4.76. The summed E-state index contributed by atoms with van der Waals surface area (Å²) in [7, 11) is 1.30. The monoisotopic (exact) mass is 618 g/mol. The van der Waals surface area contributed by atoms with Crippen molar-refractivity contribution < 1.29 is 24.0 Å². The zero-order valence-corrected chi connectivity index (χ0v) is 24.9. The van der Waals surface area contributed by atoms with Gasteiger partial charge in [0.05, 0.1) is 36.0 Å². The summed E-state index contributed by atoms with van der Waals surface area (Å²) in [6, 6.07) is 18.2. The van der Waals surface area contributed by atoms with Crippen molar-refractivity contribution in [2.75, 3.05) is 31.6 Å². The van der Waals surface area contributed by atoms with Crippen molar-refractivity contribution in [3.63, 3.8) is 0 Å². The molecule has 1 amide bonds. The molecule has 1 saturated heterocycles. The lowest BCUT2D eigenvalue weighted by molar-refractivity contribution is -0.385. The number of halogens is 1. The summed E-state index contributed by atoms with van der Waals surface area (Å²) < 4.78 is 10.8. The topological polar surface area (TPSA) is 152 Å². The van der Waals surface area contributed by atoms with Gasteiger partial charge in [-0.25, -0.2) is 9.78 Å². The number of fused-ring (bicyclic) bond motifs is 1. The molecular formula is C31H31ClN6O6. The summed E-state index contributed by atoms with van der Waals surface area (Å²) in [4.78, 5) is 50.1. The van der Waals surface area contributed by atoms with Gasteiger partial charge >= 0.3 is 17.7 Å². The fourth-order valence-corrected chi connectivity index (χ4v) is 6.41. The lowest BCUT2D eigenvalue weighted by atomic mass is 9.67. The molecule has 0 N–H and O–H groups in total. The Bertz CT molecular complexity index is 1600. The fourth-order valence-electron chi connectivity index (χ4n) is 6.23. The first-order valence-electron chi connectivity index (χ1n) is 14.2. The SMILES string of the molecule is COC(=O)C1(Cc2nc(Cl)nc(N3CCN(C(=O)OCc4ccccc4)C(CC#N)C3)c2[N+](=O)[O-])CCCc2ccccc21. The van der Waals surface area contributed by atoms with Gasteiger partial charge in [-0.1, -0.05) is 54.6 Å². The molecule has 0 saturated carbocycles. The average Bonchev–Trinajstić information content (AvgIpc) is 3.03. The maximum absolute atomic E-state index is 13.4. The second-order valence-electron chi connectivity index (χ2n) is 10.8. The highest BCUT2D eigenvalue weighted by atomic mass is 35.5. The van der Waals surface area contributed by atoms with Crippen LogP contribution in [0.4, 0.5) is 16.3 Å². The molecule has 1 aliphatic carbocycles. The van der Waals surface area contributed by atoms with Crippen molar-refractivity contribution in [2.24, 2.45) is 0 Å². The van der Waals surface area contributed by atoms with E-state index in [-0.39, 0.29) is 61.6 Å². The Morgan fingerprint density at radius 3 is 2.64 bits per heavy atom. The molecule has 13 heteroatoms. The smallest absolute Gasteiger partial charge is 0.410 e. The van der Waals surface area contributed by atoms with Gasteiger partial charge in [0.15, 0.2) is 0 Å². The Balaban J connectivity index is 1.46. The van der Waals surface area contributed by atoms with Crippen LogP contribution >= 0.6 is 11.6 Å². The number of amides is 1. The van der Waals surface area contributed by atoms with Crippen molar-refractivity contribution in [3.8, 4) is 6.07 Å². The number of ether oxygens (including phenoxy) is 2. The van der Waals surface area contributed by atoms with E-state index in [9.17, 15) is 25.0 Å². The van der Waals surface area contributed by atoms with Gasteiger partial charge in [0, 0.05) is 26.1 Å². The van der Waals surface area contributed by atoms with E-state index in [4.69, 9.17) is 21.1 Å². The quantitative estimate of drug-likeness (QED) is 0.149. The molecule has 12 nitrogen and oxygen atoms in total. The third kappa shape index (κ3) is 6.14. The van der Waals surface area contributed by atoms with Crippen molar-refractivity contribution in [2.45, 2.75) is 50.2 Å². The van der Waals surface area contributed by atoms with Crippen molar-refractivity contribution in [1.29, 1.82) is 5.26 Å². The number of aromatic nitrogens is 2. The fraction of sp³-hybridized carbons (Fsp3) is 0.387. The summed E-state index contributed by atoms with van der Waals surface area (Å²) in [5.41, 5.74) is 0.973. The van der Waals surface area contributed by atoms with E-state index in [0.29, 0.717) is 12.8 Å². The number of rotatable bonds is 8. The largest absolute Gasteiger partial charge is 0.468 e. The molecule has 0 spiro atoms. The van der Waals surface area contributed by atoms with Crippen molar-refractivity contribution in [3.05, 3.63) is 92.4 Å². The number of piperazine rings is 1. The molecule has 2 atom stereocenters. The highest BCUT2D eigenvalue weighted by Gasteiger charge is 2.47. The van der Waals surface area contributed by atoms with E-state index in [0.717, 1.165) is 23.1 Å². The molecule has 2 heterocycles. The second-order valence-corrected chi connectivity index (χ2v) is 11.2. The number of carbonyl (C=O) groups is 2. The lowest BCUT2D eigenvalue weighted by Crippen LogP contribution is -2.55. The van der Waals surface area contributed by atoms with Crippen molar-refractivity contribution in [1.82, 2.24) is 14.9 Å². The van der Waals surface area contributed by atoms with Crippen LogP contribution in [0, 0.1) is 21.4 Å². The van der Waals surface area contributed by atoms with Crippen LogP contribution in [0.15, 0.2) is 54.6 Å². The minimum Gasteiger partial charge on any atom is -0.468 e. The molecule has 0 radical (unpaired) electrons. The van der Waals surface area contributed by atoms with Gasteiger partial charge in [-0.2, -0.15) is 10.2 Å². The zero-order valence-electron chi connectivity index (χ0n) is 24.1. The minimum atomic E-state index is -1.20. The van der Waals surface area contributed by atoms with Gasteiger partial charge in [0.2, 0.25) is 11.1 Å². The van der Waals surface area contributed by atoms with Gasteiger partial charge < -0.3 is 19.3 Å². The van der Waals surface area contributed by atoms with E-state index >= 15 is 0 Å². The number of aryl methyl sites for hydroxylation is 1. The third-order valence-electron chi connectivity index (χ3n) is 8.27. The van der Waals surface area contributed by atoms with Crippen LogP contribution in [-0.4, -0.2) is 64.6 Å². The summed E-state index contributed by atoms with van der Waals surface area (Å²) in [5.74, 6) is -0.540. The van der Waals surface area contributed by atoms with Gasteiger partial charge in [0.1, 0.15) is 12.3 Å². The van der Waals surface area contributed by atoms with Crippen LogP contribution in [0.1, 0.15) is 41.6 Å². The third-order valence-corrected chi connectivity index (χ3v) is 8.44. The maximum Gasteiger partial charge on any atom is 0.410 e. The van der Waals surface area contributed by atoms with E-state index < -0.39 is 28.4 Å². The van der Waals surface area contributed by atoms with Crippen LogP contribution in [0.2, 0.25) is 5.28 Å². The van der Waals surface area contributed by atoms with E-state index in [1.807, 2.05) is 54.6 Å². The first-order valence-corrected chi connectivity index (χ1v) is 14.6. The number of hydrogen-bond donors (Lipinski definition) is 0.